The Balaban J connectivity index is 2.93. The number of benzene rings is 1. The zero-order valence-corrected chi connectivity index (χ0v) is 20.8. The average Bonchev–Trinajstić information content (AvgIpc) is 2.54. The molecule has 150 valence electrons. The Morgan fingerprint density at radius 1 is 0.808 bits per heavy atom. The quantitative estimate of drug-likeness (QED) is 0.355. The third-order valence-electron chi connectivity index (χ3n) is 8.24. The Kier molecular flexibility index (Phi) is 6.85. The molecule has 1 aromatic rings. The second kappa shape index (κ2) is 8.05. The van der Waals surface area contributed by atoms with Gasteiger partial charge in [0.05, 0.1) is 0 Å². The fourth-order valence-electron chi connectivity index (χ4n) is 6.52. The van der Waals surface area contributed by atoms with Crippen molar-refractivity contribution in [1.82, 2.24) is 0 Å². The Labute approximate surface area is 164 Å². The van der Waals surface area contributed by atoms with Crippen molar-refractivity contribution < 1.29 is 0 Å². The first-order valence-electron chi connectivity index (χ1n) is 10.8. The molecule has 0 N–H and O–H groups in total. The van der Waals surface area contributed by atoms with Gasteiger partial charge in [-0.15, -0.1) is 0 Å². The summed E-state index contributed by atoms with van der Waals surface area (Å²) in [5, 5.41) is 0.785. The van der Waals surface area contributed by atoms with Gasteiger partial charge in [-0.25, -0.2) is 0 Å². The van der Waals surface area contributed by atoms with Crippen LogP contribution in [-0.4, -0.2) is 28.0 Å². The van der Waals surface area contributed by atoms with Crippen LogP contribution in [0.15, 0.2) is 30.9 Å². The SMILES string of the molecule is C=CC1[PH](C(C)C)(C(C)C)Cc2cccc(c2C)C[PH]1(C(C)C)C(C)C. The van der Waals surface area contributed by atoms with Gasteiger partial charge in [-0.1, -0.05) is 0 Å². The normalized spacial score (nSPS) is 24.4. The molecule has 0 unspecified atom stereocenters. The van der Waals surface area contributed by atoms with Crippen molar-refractivity contribution in [3.8, 4) is 0 Å². The fourth-order valence-corrected chi connectivity index (χ4v) is 25.7. The first-order chi connectivity index (χ1) is 12.1. The number of allylic oxidation sites excluding steroid dienone is 1. The molecule has 2 heteroatoms. The average molecular weight is 395 g/mol. The van der Waals surface area contributed by atoms with Crippen molar-refractivity contribution in [3.63, 3.8) is 0 Å². The Bertz CT molecular complexity index is 575. The van der Waals surface area contributed by atoms with Crippen LogP contribution < -0.4 is 0 Å². The summed E-state index contributed by atoms with van der Waals surface area (Å²) in [5.41, 5.74) is 8.03. The van der Waals surface area contributed by atoms with Crippen LogP contribution in [0.4, 0.5) is 0 Å². The second-order valence-electron chi connectivity index (χ2n) is 10.1. The molecule has 0 nitrogen and oxygen atoms in total. The van der Waals surface area contributed by atoms with E-state index in [-0.39, 0.29) is 0 Å². The van der Waals surface area contributed by atoms with Crippen LogP contribution in [0.2, 0.25) is 0 Å². The summed E-state index contributed by atoms with van der Waals surface area (Å²) in [6, 6.07) is 7.18. The van der Waals surface area contributed by atoms with Crippen molar-refractivity contribution in [2.75, 3.05) is 0 Å². The molecule has 2 bridgehead atoms. The van der Waals surface area contributed by atoms with Crippen molar-refractivity contribution in [2.24, 2.45) is 0 Å². The maximum absolute atomic E-state index is 4.51. The van der Waals surface area contributed by atoms with E-state index in [1.54, 1.807) is 16.7 Å². The van der Waals surface area contributed by atoms with Gasteiger partial charge in [0.15, 0.2) is 0 Å². The monoisotopic (exact) mass is 394 g/mol. The number of rotatable bonds is 5. The Morgan fingerprint density at radius 2 is 1.15 bits per heavy atom. The standard InChI is InChI=1S/C24H44P2/c1-11-24-25(17(2)3,18(4)5)15-22-13-12-14-23(21(22)10)16-26(24,19(6)7)20(8)9/h11-14,17-20,24-26H,1,15-16H2,2-10H3. The van der Waals surface area contributed by atoms with E-state index < -0.39 is 14.5 Å². The van der Waals surface area contributed by atoms with E-state index in [4.69, 9.17) is 0 Å². The van der Waals surface area contributed by atoms with Crippen molar-refractivity contribution in [1.29, 1.82) is 0 Å². The summed E-state index contributed by atoms with van der Waals surface area (Å²) in [5.74, 6) is 0. The van der Waals surface area contributed by atoms with Gasteiger partial charge in [-0.2, -0.15) is 0 Å². The van der Waals surface area contributed by atoms with Gasteiger partial charge in [0.25, 0.3) is 0 Å². The molecular weight excluding hydrogens is 350 g/mol. The minimum atomic E-state index is -1.62. The zero-order chi connectivity index (χ0) is 19.9. The molecule has 0 spiro atoms. The first-order valence-corrected chi connectivity index (χ1v) is 15.6. The summed E-state index contributed by atoms with van der Waals surface area (Å²) < 4.78 is 0. The van der Waals surface area contributed by atoms with E-state index in [1.165, 1.54) is 12.3 Å². The summed E-state index contributed by atoms with van der Waals surface area (Å²) in [4.78, 5) is 0. The van der Waals surface area contributed by atoms with Crippen LogP contribution in [-0.2, 0) is 12.3 Å². The van der Waals surface area contributed by atoms with E-state index in [0.29, 0.717) is 0 Å². The third kappa shape index (κ3) is 3.25. The number of hydrogen-bond donors (Lipinski definition) is 0. The summed E-state index contributed by atoms with van der Waals surface area (Å²) >= 11 is 0. The molecule has 1 aliphatic heterocycles. The van der Waals surface area contributed by atoms with Gasteiger partial charge in [-0.05, 0) is 0 Å². The van der Waals surface area contributed by atoms with Crippen LogP contribution in [0.25, 0.3) is 0 Å². The van der Waals surface area contributed by atoms with Crippen LogP contribution in [0.3, 0.4) is 0 Å². The van der Waals surface area contributed by atoms with Gasteiger partial charge < -0.3 is 0 Å². The van der Waals surface area contributed by atoms with Gasteiger partial charge in [0.1, 0.15) is 0 Å². The van der Waals surface area contributed by atoms with E-state index in [0.717, 1.165) is 28.0 Å². The summed E-state index contributed by atoms with van der Waals surface area (Å²) in [7, 11) is -3.25. The zero-order valence-electron chi connectivity index (χ0n) is 18.8. The van der Waals surface area contributed by atoms with Gasteiger partial charge >= 0.3 is 165 Å². The Hall–Kier alpha value is -0.180. The molecule has 0 atom stereocenters. The number of fused-ring (bicyclic) bond motifs is 2. The van der Waals surface area contributed by atoms with Crippen LogP contribution >= 0.6 is 14.5 Å². The van der Waals surface area contributed by atoms with Crippen molar-refractivity contribution in [2.45, 2.75) is 103 Å². The Morgan fingerprint density at radius 3 is 1.42 bits per heavy atom. The van der Waals surface area contributed by atoms with Crippen molar-refractivity contribution in [3.05, 3.63) is 47.5 Å². The van der Waals surface area contributed by atoms with E-state index in [9.17, 15) is 0 Å². The van der Waals surface area contributed by atoms with Gasteiger partial charge in [0.2, 0.25) is 0 Å². The molecule has 1 heterocycles. The molecule has 0 saturated carbocycles. The van der Waals surface area contributed by atoms with Gasteiger partial charge in [-0.3, -0.25) is 0 Å². The summed E-state index contributed by atoms with van der Waals surface area (Å²) in [6.45, 7) is 27.2. The van der Waals surface area contributed by atoms with E-state index in [1.807, 2.05) is 0 Å². The molecular formula is C24H44P2. The van der Waals surface area contributed by atoms with Crippen LogP contribution in [0, 0.1) is 6.92 Å². The molecule has 2 rings (SSSR count). The van der Waals surface area contributed by atoms with Crippen molar-refractivity contribution >= 4 is 14.5 Å². The molecule has 0 amide bonds. The molecule has 0 radical (unpaired) electrons. The third-order valence-corrected chi connectivity index (χ3v) is 24.8. The second-order valence-corrected chi connectivity index (χ2v) is 21.7. The topological polar surface area (TPSA) is 0 Å². The van der Waals surface area contributed by atoms with E-state index in [2.05, 4.69) is 93.2 Å². The predicted octanol–water partition coefficient (Wildman–Crippen LogP) is 7.65. The van der Waals surface area contributed by atoms with Crippen LogP contribution in [0.5, 0.6) is 0 Å². The molecule has 0 aromatic heterocycles. The maximum atomic E-state index is 4.51. The minimum absolute atomic E-state index is 0.785. The summed E-state index contributed by atoms with van der Waals surface area (Å²) in [6.07, 6.45) is 5.15. The molecule has 0 aliphatic carbocycles. The molecule has 0 fully saturated rings. The van der Waals surface area contributed by atoms with Crippen LogP contribution in [0.1, 0.15) is 72.1 Å². The molecule has 1 aromatic carbocycles. The number of hydrogen-bond acceptors (Lipinski definition) is 0. The van der Waals surface area contributed by atoms with Gasteiger partial charge in [0, 0.05) is 0 Å². The molecule has 26 heavy (non-hydrogen) atoms. The van der Waals surface area contributed by atoms with E-state index >= 15 is 0 Å². The molecule has 1 aliphatic rings. The predicted molar refractivity (Wildman–Crippen MR) is 130 cm³/mol. The first kappa shape index (κ1) is 22.1. The molecule has 0 saturated heterocycles. The fraction of sp³-hybridized carbons (Fsp3) is 0.667.